The number of aromatic amines is 1. The zero-order chi connectivity index (χ0) is 13.0. The van der Waals surface area contributed by atoms with Crippen LogP contribution in [-0.4, -0.2) is 32.4 Å². The number of nitrogens with two attached hydrogens (primary N) is 1. The molecular weight excluding hydrogens is 256 g/mol. The summed E-state index contributed by atoms with van der Waals surface area (Å²) in [4.78, 5) is 26.4. The smallest absolute Gasteiger partial charge is 0.233 e. The van der Waals surface area contributed by atoms with E-state index in [1.807, 2.05) is 0 Å². The molecule has 18 heavy (non-hydrogen) atoms. The van der Waals surface area contributed by atoms with Gasteiger partial charge in [-0.1, -0.05) is 11.6 Å². The third-order valence-corrected chi connectivity index (χ3v) is 2.62. The van der Waals surface area contributed by atoms with E-state index in [1.54, 1.807) is 0 Å². The van der Waals surface area contributed by atoms with Gasteiger partial charge in [-0.25, -0.2) is 4.98 Å². The molecule has 2 heterocycles. The Morgan fingerprint density at radius 3 is 3.06 bits per heavy atom. The van der Waals surface area contributed by atoms with Gasteiger partial charge in [-0.2, -0.15) is 9.97 Å². The molecule has 0 fully saturated rings. The molecule has 2 aromatic rings. The molecule has 0 spiro atoms. The minimum atomic E-state index is -0.158. The predicted molar refractivity (Wildman–Crippen MR) is 68.2 cm³/mol. The topological polar surface area (TPSA) is 110 Å². The minimum absolute atomic E-state index is 0.158. The summed E-state index contributed by atoms with van der Waals surface area (Å²) in [5, 5.41) is 2.81. The molecule has 0 bridgehead atoms. The van der Waals surface area contributed by atoms with Gasteiger partial charge in [-0.05, 0) is 19.4 Å². The van der Waals surface area contributed by atoms with E-state index in [-0.39, 0.29) is 17.0 Å². The van der Waals surface area contributed by atoms with E-state index in [9.17, 15) is 4.79 Å². The first-order valence-electron chi connectivity index (χ1n) is 5.57. The summed E-state index contributed by atoms with van der Waals surface area (Å²) in [5.41, 5.74) is 6.33. The molecule has 2 aromatic heterocycles. The van der Waals surface area contributed by atoms with Gasteiger partial charge in [0.2, 0.25) is 11.9 Å². The van der Waals surface area contributed by atoms with Crippen molar-refractivity contribution >= 4 is 34.6 Å². The zero-order valence-corrected chi connectivity index (χ0v) is 10.4. The molecule has 0 radical (unpaired) electrons. The number of imidazole rings is 1. The molecule has 0 unspecified atom stereocenters. The number of amides is 1. The number of hydrogen-bond donors (Lipinski definition) is 3. The summed E-state index contributed by atoms with van der Waals surface area (Å²) >= 11 is 5.92. The highest BCUT2D eigenvalue weighted by Crippen LogP contribution is 2.18. The summed E-state index contributed by atoms with van der Waals surface area (Å²) in [6, 6.07) is 0. The first kappa shape index (κ1) is 12.7. The van der Waals surface area contributed by atoms with E-state index in [4.69, 9.17) is 17.3 Å². The monoisotopic (exact) mass is 268 g/mol. The van der Waals surface area contributed by atoms with Gasteiger partial charge in [0.15, 0.2) is 10.8 Å². The second-order valence-corrected chi connectivity index (χ2v) is 4.09. The second kappa shape index (κ2) is 5.74. The van der Waals surface area contributed by atoms with Crippen LogP contribution in [0.3, 0.4) is 0 Å². The number of carbonyl (C=O) groups is 1. The van der Waals surface area contributed by atoms with Crippen LogP contribution in [0.1, 0.15) is 19.3 Å². The lowest BCUT2D eigenvalue weighted by Gasteiger charge is -2.03. The highest BCUT2D eigenvalue weighted by Gasteiger charge is 2.10. The van der Waals surface area contributed by atoms with Crippen molar-refractivity contribution < 1.29 is 4.79 Å². The molecule has 0 saturated heterocycles. The van der Waals surface area contributed by atoms with Gasteiger partial charge in [0.1, 0.15) is 5.52 Å². The lowest BCUT2D eigenvalue weighted by atomic mass is 10.2. The maximum Gasteiger partial charge on any atom is 0.233 e. The number of nitrogens with one attached hydrogen (secondary N) is 2. The Morgan fingerprint density at radius 2 is 2.28 bits per heavy atom. The van der Waals surface area contributed by atoms with Crippen molar-refractivity contribution in [3.8, 4) is 0 Å². The third-order valence-electron chi connectivity index (χ3n) is 2.35. The zero-order valence-electron chi connectivity index (χ0n) is 9.61. The number of aromatic nitrogens is 4. The number of H-pyrrole nitrogens is 1. The van der Waals surface area contributed by atoms with Crippen LogP contribution in [0, 0.1) is 0 Å². The van der Waals surface area contributed by atoms with E-state index in [2.05, 4.69) is 25.3 Å². The number of carbonyl (C=O) groups excluding carboxylic acids is 1. The Labute approximate surface area is 108 Å². The summed E-state index contributed by atoms with van der Waals surface area (Å²) in [6.45, 7) is 0.578. The van der Waals surface area contributed by atoms with Gasteiger partial charge < -0.3 is 10.7 Å². The summed E-state index contributed by atoms with van der Waals surface area (Å²) < 4.78 is 0. The van der Waals surface area contributed by atoms with Gasteiger partial charge in [0.05, 0.1) is 6.33 Å². The highest BCUT2D eigenvalue weighted by atomic mass is 35.5. The molecule has 4 N–H and O–H groups in total. The van der Waals surface area contributed by atoms with Crippen molar-refractivity contribution in [1.82, 2.24) is 19.9 Å². The van der Waals surface area contributed by atoms with Crippen molar-refractivity contribution in [2.24, 2.45) is 5.73 Å². The molecular formula is C10H13ClN6O. The van der Waals surface area contributed by atoms with Crippen molar-refractivity contribution in [3.63, 3.8) is 0 Å². The first-order valence-corrected chi connectivity index (χ1v) is 5.95. The van der Waals surface area contributed by atoms with Gasteiger partial charge >= 0.3 is 0 Å². The maximum absolute atomic E-state index is 11.6. The van der Waals surface area contributed by atoms with Crippen molar-refractivity contribution in [2.75, 3.05) is 11.9 Å². The molecule has 0 aliphatic heterocycles. The van der Waals surface area contributed by atoms with Crippen LogP contribution in [0.4, 0.5) is 5.95 Å². The van der Waals surface area contributed by atoms with Crippen LogP contribution in [0.15, 0.2) is 6.33 Å². The number of nitrogens with zero attached hydrogens (tertiary/aromatic N) is 3. The van der Waals surface area contributed by atoms with Crippen LogP contribution in [0.2, 0.25) is 5.15 Å². The molecule has 0 atom stereocenters. The fourth-order valence-electron chi connectivity index (χ4n) is 1.47. The quantitative estimate of drug-likeness (QED) is 0.555. The van der Waals surface area contributed by atoms with Crippen LogP contribution in [0.5, 0.6) is 0 Å². The fourth-order valence-corrected chi connectivity index (χ4v) is 1.69. The van der Waals surface area contributed by atoms with Crippen LogP contribution in [-0.2, 0) is 4.79 Å². The molecule has 0 aliphatic carbocycles. The molecule has 0 saturated carbocycles. The van der Waals surface area contributed by atoms with Crippen molar-refractivity contribution in [2.45, 2.75) is 19.3 Å². The van der Waals surface area contributed by atoms with E-state index >= 15 is 0 Å². The van der Waals surface area contributed by atoms with E-state index in [0.29, 0.717) is 24.1 Å². The lowest BCUT2D eigenvalue weighted by molar-refractivity contribution is -0.116. The number of anilines is 1. The number of rotatable bonds is 5. The van der Waals surface area contributed by atoms with Crippen molar-refractivity contribution in [3.05, 3.63) is 11.5 Å². The standard InChI is InChI=1S/C10H13ClN6O/c11-8-7-9(14-5-13-7)17-10(16-8)15-6(18)3-1-2-4-12/h5H,1-4,12H2,(H2,13,14,15,16,17,18). The average Bonchev–Trinajstić information content (AvgIpc) is 2.78. The SMILES string of the molecule is NCCCCC(=O)Nc1nc(Cl)c2[nH]cnc2n1. The van der Waals surface area contributed by atoms with Gasteiger partial charge in [0.25, 0.3) is 0 Å². The average molecular weight is 269 g/mol. The lowest BCUT2D eigenvalue weighted by Crippen LogP contribution is -2.14. The number of hydrogen-bond acceptors (Lipinski definition) is 5. The molecule has 96 valence electrons. The largest absolute Gasteiger partial charge is 0.341 e. The first-order chi connectivity index (χ1) is 8.70. The third kappa shape index (κ3) is 2.93. The molecule has 0 aliphatic rings. The Balaban J connectivity index is 2.05. The van der Waals surface area contributed by atoms with Crippen LogP contribution < -0.4 is 11.1 Å². The summed E-state index contributed by atoms with van der Waals surface area (Å²) in [6.07, 6.45) is 3.41. The van der Waals surface area contributed by atoms with Crippen LogP contribution in [0.25, 0.3) is 11.2 Å². The fraction of sp³-hybridized carbons (Fsp3) is 0.400. The Bertz CT molecular complexity index is 554. The van der Waals surface area contributed by atoms with Gasteiger partial charge in [-0.3, -0.25) is 10.1 Å². The van der Waals surface area contributed by atoms with Gasteiger partial charge in [-0.15, -0.1) is 0 Å². The minimum Gasteiger partial charge on any atom is -0.341 e. The number of fused-ring (bicyclic) bond motifs is 1. The molecule has 2 rings (SSSR count). The Morgan fingerprint density at radius 1 is 1.44 bits per heavy atom. The summed E-state index contributed by atoms with van der Waals surface area (Å²) in [7, 11) is 0. The second-order valence-electron chi connectivity index (χ2n) is 3.73. The predicted octanol–water partition coefficient (Wildman–Crippen LogP) is 1.07. The number of halogens is 1. The Kier molecular flexibility index (Phi) is 4.06. The van der Waals surface area contributed by atoms with E-state index in [1.165, 1.54) is 6.33 Å². The van der Waals surface area contributed by atoms with Crippen LogP contribution >= 0.6 is 11.6 Å². The maximum atomic E-state index is 11.6. The summed E-state index contributed by atoms with van der Waals surface area (Å²) in [5.74, 6) is 0.00625. The molecule has 8 heteroatoms. The molecule has 7 nitrogen and oxygen atoms in total. The van der Waals surface area contributed by atoms with Crippen molar-refractivity contribution in [1.29, 1.82) is 0 Å². The normalized spacial score (nSPS) is 10.8. The van der Waals surface area contributed by atoms with E-state index in [0.717, 1.165) is 12.8 Å². The molecule has 1 amide bonds. The highest BCUT2D eigenvalue weighted by molar-refractivity contribution is 6.33. The van der Waals surface area contributed by atoms with Gasteiger partial charge in [0, 0.05) is 6.42 Å². The number of unbranched alkanes of at least 4 members (excludes halogenated alkanes) is 1. The van der Waals surface area contributed by atoms with E-state index < -0.39 is 0 Å². The Hall–Kier alpha value is -1.73. The molecule has 0 aromatic carbocycles.